The van der Waals surface area contributed by atoms with Crippen molar-refractivity contribution in [3.63, 3.8) is 0 Å². The quantitative estimate of drug-likeness (QED) is 0.609. The van der Waals surface area contributed by atoms with Gasteiger partial charge in [-0.05, 0) is 36.8 Å². The summed E-state index contributed by atoms with van der Waals surface area (Å²) >= 11 is 7.48. The number of benzene rings is 2. The molecule has 136 valence electrons. The zero-order valence-electron chi connectivity index (χ0n) is 14.7. The topological polar surface area (TPSA) is 56.1 Å². The number of fused-ring (bicyclic) bond motifs is 1. The molecule has 0 aliphatic rings. The summed E-state index contributed by atoms with van der Waals surface area (Å²) in [4.78, 5) is 16.9. The first-order chi connectivity index (χ1) is 12.6. The summed E-state index contributed by atoms with van der Waals surface area (Å²) in [6, 6.07) is 13.3. The van der Waals surface area contributed by atoms with Crippen molar-refractivity contribution < 1.29 is 9.53 Å². The van der Waals surface area contributed by atoms with Crippen LogP contribution in [0.2, 0.25) is 5.02 Å². The molecule has 0 spiro atoms. The standard InChI is InChI=1S/C19H20ClN3O2S/c1-13-5-3-4-6-15(13)21-18(24)12-26-19-22-16-11-14(20)7-8-17(16)23(19)9-10-25-2/h3-8,11H,9-10,12H2,1-2H3,(H,21,24). The zero-order chi connectivity index (χ0) is 18.5. The van der Waals surface area contributed by atoms with Crippen LogP contribution in [-0.2, 0) is 16.1 Å². The number of carbonyl (C=O) groups is 1. The Hall–Kier alpha value is -2.02. The number of nitrogens with zero attached hydrogens (tertiary/aromatic N) is 2. The van der Waals surface area contributed by atoms with Crippen molar-refractivity contribution in [3.8, 4) is 0 Å². The summed E-state index contributed by atoms with van der Waals surface area (Å²) < 4.78 is 7.25. The molecule has 1 heterocycles. The minimum absolute atomic E-state index is 0.0623. The van der Waals surface area contributed by atoms with E-state index in [4.69, 9.17) is 16.3 Å². The number of hydrogen-bond acceptors (Lipinski definition) is 4. The van der Waals surface area contributed by atoms with E-state index in [1.54, 1.807) is 7.11 Å². The Morgan fingerprint density at radius 1 is 1.31 bits per heavy atom. The third-order valence-electron chi connectivity index (χ3n) is 3.95. The highest BCUT2D eigenvalue weighted by Crippen LogP contribution is 2.26. The van der Waals surface area contributed by atoms with Gasteiger partial charge in [-0.3, -0.25) is 4.79 Å². The normalized spacial score (nSPS) is 11.0. The molecule has 1 amide bonds. The molecule has 3 rings (SSSR count). The third-order valence-corrected chi connectivity index (χ3v) is 5.16. The lowest BCUT2D eigenvalue weighted by Gasteiger charge is -2.09. The largest absolute Gasteiger partial charge is 0.383 e. The molecule has 0 saturated heterocycles. The van der Waals surface area contributed by atoms with E-state index in [0.717, 1.165) is 27.4 Å². The van der Waals surface area contributed by atoms with Gasteiger partial charge in [0.15, 0.2) is 5.16 Å². The minimum Gasteiger partial charge on any atom is -0.383 e. The number of anilines is 1. The Morgan fingerprint density at radius 2 is 2.12 bits per heavy atom. The van der Waals surface area contributed by atoms with Crippen LogP contribution < -0.4 is 5.32 Å². The molecule has 0 unspecified atom stereocenters. The van der Waals surface area contributed by atoms with Crippen molar-refractivity contribution >= 4 is 46.0 Å². The average Bonchev–Trinajstić information content (AvgIpc) is 2.96. The van der Waals surface area contributed by atoms with Gasteiger partial charge in [-0.1, -0.05) is 41.6 Å². The summed E-state index contributed by atoms with van der Waals surface area (Å²) in [6.45, 7) is 3.20. The lowest BCUT2D eigenvalue weighted by Crippen LogP contribution is -2.15. The van der Waals surface area contributed by atoms with E-state index < -0.39 is 0 Å². The number of para-hydroxylation sites is 1. The van der Waals surface area contributed by atoms with Crippen molar-refractivity contribution in [3.05, 3.63) is 53.1 Å². The lowest BCUT2D eigenvalue weighted by atomic mass is 10.2. The fourth-order valence-corrected chi connectivity index (χ4v) is 3.63. The highest BCUT2D eigenvalue weighted by atomic mass is 35.5. The Kier molecular flexibility index (Phi) is 6.19. The van der Waals surface area contributed by atoms with E-state index in [2.05, 4.69) is 14.9 Å². The summed E-state index contributed by atoms with van der Waals surface area (Å²) in [7, 11) is 1.67. The van der Waals surface area contributed by atoms with E-state index in [1.165, 1.54) is 11.8 Å². The van der Waals surface area contributed by atoms with Crippen LogP contribution in [0.15, 0.2) is 47.6 Å². The molecule has 3 aromatic rings. The maximum Gasteiger partial charge on any atom is 0.234 e. The van der Waals surface area contributed by atoms with E-state index in [0.29, 0.717) is 18.2 Å². The highest BCUT2D eigenvalue weighted by Gasteiger charge is 2.14. The molecule has 0 bridgehead atoms. The van der Waals surface area contributed by atoms with Crippen LogP contribution >= 0.6 is 23.4 Å². The van der Waals surface area contributed by atoms with Crippen LogP contribution in [0.4, 0.5) is 5.69 Å². The minimum atomic E-state index is -0.0623. The number of halogens is 1. The van der Waals surface area contributed by atoms with Gasteiger partial charge in [-0.2, -0.15) is 0 Å². The lowest BCUT2D eigenvalue weighted by molar-refractivity contribution is -0.113. The number of carbonyl (C=O) groups excluding carboxylic acids is 1. The Labute approximate surface area is 161 Å². The summed E-state index contributed by atoms with van der Waals surface area (Å²) in [5.41, 5.74) is 3.66. The number of amides is 1. The second-order valence-corrected chi connectivity index (χ2v) is 7.20. The molecule has 2 aromatic carbocycles. The molecule has 1 N–H and O–H groups in total. The number of aromatic nitrogens is 2. The fourth-order valence-electron chi connectivity index (χ4n) is 2.62. The predicted octanol–water partition coefficient (Wildman–Crippen LogP) is 4.38. The van der Waals surface area contributed by atoms with Crippen molar-refractivity contribution in [2.24, 2.45) is 0 Å². The second-order valence-electron chi connectivity index (χ2n) is 5.82. The maximum atomic E-state index is 12.3. The van der Waals surface area contributed by atoms with E-state index in [9.17, 15) is 4.79 Å². The zero-order valence-corrected chi connectivity index (χ0v) is 16.2. The fraction of sp³-hybridized carbons (Fsp3) is 0.263. The van der Waals surface area contributed by atoms with Crippen LogP contribution in [0.5, 0.6) is 0 Å². The number of ether oxygens (including phenoxy) is 1. The molecule has 0 saturated carbocycles. The van der Waals surface area contributed by atoms with Gasteiger partial charge in [-0.15, -0.1) is 0 Å². The number of nitrogens with one attached hydrogen (secondary N) is 1. The number of imidazole rings is 1. The van der Waals surface area contributed by atoms with E-state index >= 15 is 0 Å². The smallest absolute Gasteiger partial charge is 0.234 e. The van der Waals surface area contributed by atoms with Crippen molar-refractivity contribution in [1.82, 2.24) is 9.55 Å². The van der Waals surface area contributed by atoms with Gasteiger partial charge in [-0.25, -0.2) is 4.98 Å². The molecule has 0 aliphatic carbocycles. The van der Waals surface area contributed by atoms with Crippen LogP contribution in [-0.4, -0.2) is 34.9 Å². The molecule has 0 fully saturated rings. The van der Waals surface area contributed by atoms with Gasteiger partial charge in [0.2, 0.25) is 5.91 Å². The first-order valence-electron chi connectivity index (χ1n) is 8.21. The SMILES string of the molecule is COCCn1c(SCC(=O)Nc2ccccc2C)nc2cc(Cl)ccc21. The molecule has 5 nitrogen and oxygen atoms in total. The van der Waals surface area contributed by atoms with Gasteiger partial charge in [0.1, 0.15) is 0 Å². The van der Waals surface area contributed by atoms with Gasteiger partial charge in [0.05, 0.1) is 23.4 Å². The molecule has 26 heavy (non-hydrogen) atoms. The van der Waals surface area contributed by atoms with Gasteiger partial charge < -0.3 is 14.6 Å². The third kappa shape index (κ3) is 4.38. The Bertz CT molecular complexity index is 926. The molecule has 7 heteroatoms. The number of methoxy groups -OCH3 is 1. The molecule has 0 radical (unpaired) electrons. The molecule has 1 aromatic heterocycles. The molecule has 0 aliphatic heterocycles. The van der Waals surface area contributed by atoms with Gasteiger partial charge >= 0.3 is 0 Å². The first kappa shape index (κ1) is 18.8. The molecular weight excluding hydrogens is 370 g/mol. The van der Waals surface area contributed by atoms with Gasteiger partial charge in [0, 0.05) is 24.4 Å². The molecular formula is C19H20ClN3O2S. The summed E-state index contributed by atoms with van der Waals surface area (Å²) in [5, 5.41) is 4.36. The molecule has 0 atom stereocenters. The van der Waals surface area contributed by atoms with Crippen molar-refractivity contribution in [2.75, 3.05) is 24.8 Å². The highest BCUT2D eigenvalue weighted by molar-refractivity contribution is 7.99. The van der Waals surface area contributed by atoms with Crippen molar-refractivity contribution in [2.45, 2.75) is 18.6 Å². The summed E-state index contributed by atoms with van der Waals surface area (Å²) in [6.07, 6.45) is 0. The monoisotopic (exact) mass is 389 g/mol. The number of rotatable bonds is 7. The van der Waals surface area contributed by atoms with Crippen LogP contribution in [0.25, 0.3) is 11.0 Å². The van der Waals surface area contributed by atoms with E-state index in [-0.39, 0.29) is 11.7 Å². The van der Waals surface area contributed by atoms with Crippen molar-refractivity contribution in [1.29, 1.82) is 0 Å². The number of thioether (sulfide) groups is 1. The predicted molar refractivity (Wildman–Crippen MR) is 107 cm³/mol. The first-order valence-corrected chi connectivity index (χ1v) is 9.58. The van der Waals surface area contributed by atoms with E-state index in [1.807, 2.05) is 49.4 Å². The van der Waals surface area contributed by atoms with Crippen LogP contribution in [0.1, 0.15) is 5.56 Å². The number of hydrogen-bond donors (Lipinski definition) is 1. The van der Waals surface area contributed by atoms with Crippen LogP contribution in [0.3, 0.4) is 0 Å². The maximum absolute atomic E-state index is 12.3. The summed E-state index contributed by atoms with van der Waals surface area (Å²) in [5.74, 6) is 0.214. The van der Waals surface area contributed by atoms with Crippen LogP contribution in [0, 0.1) is 6.92 Å². The number of aryl methyl sites for hydroxylation is 1. The second kappa shape index (κ2) is 8.58. The Morgan fingerprint density at radius 3 is 2.88 bits per heavy atom. The van der Waals surface area contributed by atoms with Gasteiger partial charge in [0.25, 0.3) is 0 Å². The Balaban J connectivity index is 1.75. The average molecular weight is 390 g/mol.